The van der Waals surface area contributed by atoms with Gasteiger partial charge < -0.3 is 0 Å². The topological polar surface area (TPSA) is 0 Å². The maximum Gasteiger partial charge on any atom is 0.0274 e. The Kier molecular flexibility index (Phi) is 4.71. The average molecular weight is 183 g/mol. The predicted molar refractivity (Wildman–Crippen MR) is 49.0 cm³/mol. The molecule has 0 fully saturated rings. The maximum absolute atomic E-state index is 5.75. The van der Waals surface area contributed by atoms with Crippen molar-refractivity contribution >= 4 is 23.2 Å². The Bertz CT molecular complexity index is 89.3. The van der Waals surface area contributed by atoms with Crippen molar-refractivity contribution in [3.63, 3.8) is 0 Å². The van der Waals surface area contributed by atoms with Gasteiger partial charge in [0.25, 0.3) is 0 Å². The van der Waals surface area contributed by atoms with Gasteiger partial charge in [0.2, 0.25) is 0 Å². The predicted octanol–water partition coefficient (Wildman–Crippen LogP) is 3.52. The van der Waals surface area contributed by atoms with Crippen LogP contribution in [0.2, 0.25) is 0 Å². The van der Waals surface area contributed by atoms with Gasteiger partial charge in [0.1, 0.15) is 0 Å². The Balaban J connectivity index is 3.64. The fourth-order valence-electron chi connectivity index (χ4n) is 1.05. The minimum absolute atomic E-state index is 0.246. The van der Waals surface area contributed by atoms with E-state index in [2.05, 4.69) is 20.8 Å². The van der Waals surface area contributed by atoms with E-state index >= 15 is 0 Å². The van der Waals surface area contributed by atoms with Gasteiger partial charge in [-0.2, -0.15) is 0 Å². The molecule has 0 rings (SSSR count). The van der Waals surface area contributed by atoms with Crippen molar-refractivity contribution in [2.24, 2.45) is 11.3 Å². The van der Waals surface area contributed by atoms with Gasteiger partial charge in [0.05, 0.1) is 0 Å². The van der Waals surface area contributed by atoms with Crippen LogP contribution in [0, 0.1) is 11.3 Å². The largest absolute Gasteiger partial charge is 0.126 e. The first-order valence-electron chi connectivity index (χ1n) is 3.64. The highest BCUT2D eigenvalue weighted by atomic mass is 35.5. The molecule has 0 aliphatic rings. The van der Waals surface area contributed by atoms with Crippen LogP contribution < -0.4 is 0 Å². The van der Waals surface area contributed by atoms with E-state index in [1.807, 2.05) is 0 Å². The van der Waals surface area contributed by atoms with E-state index in [1.54, 1.807) is 0 Å². The molecule has 0 aromatic rings. The molecule has 62 valence electrons. The zero-order valence-corrected chi connectivity index (χ0v) is 8.47. The maximum atomic E-state index is 5.75. The lowest BCUT2D eigenvalue weighted by molar-refractivity contribution is 0.327. The Labute approximate surface area is 73.9 Å². The molecule has 0 aromatic carbocycles. The Morgan fingerprint density at radius 1 is 1.30 bits per heavy atom. The highest BCUT2D eigenvalue weighted by Crippen LogP contribution is 2.26. The lowest BCUT2D eigenvalue weighted by Crippen LogP contribution is -2.17. The molecule has 0 aromatic heterocycles. The summed E-state index contributed by atoms with van der Waals surface area (Å²) in [5, 5.41) is 0. The number of hydrogen-bond acceptors (Lipinski definition) is 0. The fraction of sp³-hybridized carbons (Fsp3) is 1.00. The van der Waals surface area contributed by atoms with Crippen LogP contribution in [-0.4, -0.2) is 11.8 Å². The van der Waals surface area contributed by atoms with Crippen molar-refractivity contribution in [3.05, 3.63) is 0 Å². The SMILES string of the molecule is CC(CCl)CC(C)(C)CCl. The smallest absolute Gasteiger partial charge is 0.0274 e. The van der Waals surface area contributed by atoms with Crippen LogP contribution >= 0.6 is 23.2 Å². The lowest BCUT2D eigenvalue weighted by Gasteiger charge is -2.24. The fourth-order valence-corrected chi connectivity index (χ4v) is 1.27. The van der Waals surface area contributed by atoms with Crippen LogP contribution in [0.15, 0.2) is 0 Å². The van der Waals surface area contributed by atoms with E-state index in [0.717, 1.165) is 12.3 Å². The van der Waals surface area contributed by atoms with Crippen molar-refractivity contribution in [2.75, 3.05) is 11.8 Å². The lowest BCUT2D eigenvalue weighted by atomic mass is 9.86. The molecule has 0 bridgehead atoms. The molecular weight excluding hydrogens is 167 g/mol. The van der Waals surface area contributed by atoms with Gasteiger partial charge >= 0.3 is 0 Å². The normalized spacial score (nSPS) is 15.3. The minimum atomic E-state index is 0.246. The second-order valence-electron chi connectivity index (χ2n) is 3.76. The quantitative estimate of drug-likeness (QED) is 0.585. The van der Waals surface area contributed by atoms with Crippen molar-refractivity contribution in [1.29, 1.82) is 0 Å². The van der Waals surface area contributed by atoms with Gasteiger partial charge in [-0.1, -0.05) is 20.8 Å². The van der Waals surface area contributed by atoms with Crippen LogP contribution in [-0.2, 0) is 0 Å². The van der Waals surface area contributed by atoms with E-state index in [-0.39, 0.29) is 5.41 Å². The third-order valence-electron chi connectivity index (χ3n) is 1.53. The summed E-state index contributed by atoms with van der Waals surface area (Å²) in [5.74, 6) is 2.03. The van der Waals surface area contributed by atoms with E-state index in [1.165, 1.54) is 0 Å². The molecule has 0 radical (unpaired) electrons. The first kappa shape index (κ1) is 10.6. The molecule has 0 spiro atoms. The molecule has 0 N–H and O–H groups in total. The minimum Gasteiger partial charge on any atom is -0.126 e. The van der Waals surface area contributed by atoms with E-state index in [0.29, 0.717) is 11.8 Å². The average Bonchev–Trinajstić information content (AvgIpc) is 1.87. The summed E-state index contributed by atoms with van der Waals surface area (Å²) in [6.45, 7) is 6.49. The summed E-state index contributed by atoms with van der Waals surface area (Å²) in [6, 6.07) is 0. The van der Waals surface area contributed by atoms with Gasteiger partial charge in [0.15, 0.2) is 0 Å². The molecule has 0 saturated carbocycles. The van der Waals surface area contributed by atoms with Crippen molar-refractivity contribution in [2.45, 2.75) is 27.2 Å². The van der Waals surface area contributed by atoms with Gasteiger partial charge in [0, 0.05) is 11.8 Å². The van der Waals surface area contributed by atoms with Crippen LogP contribution in [0.25, 0.3) is 0 Å². The second-order valence-corrected chi connectivity index (χ2v) is 4.34. The molecule has 0 aliphatic heterocycles. The van der Waals surface area contributed by atoms with Crippen LogP contribution in [0.5, 0.6) is 0 Å². The molecule has 0 saturated heterocycles. The number of halogens is 2. The highest BCUT2D eigenvalue weighted by Gasteiger charge is 2.18. The molecule has 2 heteroatoms. The number of rotatable bonds is 4. The first-order chi connectivity index (χ1) is 4.52. The summed E-state index contributed by atoms with van der Waals surface area (Å²) >= 11 is 11.4. The summed E-state index contributed by atoms with van der Waals surface area (Å²) in [5.41, 5.74) is 0.246. The number of hydrogen-bond donors (Lipinski definition) is 0. The zero-order valence-electron chi connectivity index (χ0n) is 6.95. The van der Waals surface area contributed by atoms with E-state index < -0.39 is 0 Å². The molecule has 1 atom stereocenters. The molecule has 0 amide bonds. The van der Waals surface area contributed by atoms with Crippen molar-refractivity contribution in [1.82, 2.24) is 0 Å². The molecule has 0 aliphatic carbocycles. The molecule has 0 heterocycles. The van der Waals surface area contributed by atoms with Crippen LogP contribution in [0.3, 0.4) is 0 Å². The summed E-state index contributed by atoms with van der Waals surface area (Å²) < 4.78 is 0. The standard InChI is InChI=1S/C8H16Cl2/c1-7(5-9)4-8(2,3)6-10/h7H,4-6H2,1-3H3. The van der Waals surface area contributed by atoms with E-state index in [9.17, 15) is 0 Å². The molecule has 10 heavy (non-hydrogen) atoms. The van der Waals surface area contributed by atoms with Crippen molar-refractivity contribution < 1.29 is 0 Å². The monoisotopic (exact) mass is 182 g/mol. The number of alkyl halides is 2. The third-order valence-corrected chi connectivity index (χ3v) is 2.78. The molecular formula is C8H16Cl2. The Morgan fingerprint density at radius 2 is 1.80 bits per heavy atom. The van der Waals surface area contributed by atoms with Gasteiger partial charge in [-0.25, -0.2) is 0 Å². The van der Waals surface area contributed by atoms with E-state index in [4.69, 9.17) is 23.2 Å². The highest BCUT2D eigenvalue weighted by molar-refractivity contribution is 6.18. The molecule has 1 unspecified atom stereocenters. The van der Waals surface area contributed by atoms with Gasteiger partial charge in [-0.3, -0.25) is 0 Å². The summed E-state index contributed by atoms with van der Waals surface area (Å²) in [4.78, 5) is 0. The second kappa shape index (κ2) is 4.46. The zero-order chi connectivity index (χ0) is 8.20. The Morgan fingerprint density at radius 3 is 2.10 bits per heavy atom. The summed E-state index contributed by atoms with van der Waals surface area (Å²) in [6.07, 6.45) is 1.11. The van der Waals surface area contributed by atoms with Crippen molar-refractivity contribution in [3.8, 4) is 0 Å². The Hall–Kier alpha value is 0.580. The van der Waals surface area contributed by atoms with Gasteiger partial charge in [-0.15, -0.1) is 23.2 Å². The first-order valence-corrected chi connectivity index (χ1v) is 4.70. The van der Waals surface area contributed by atoms with Crippen LogP contribution in [0.4, 0.5) is 0 Å². The molecule has 0 nitrogen and oxygen atoms in total. The van der Waals surface area contributed by atoms with Gasteiger partial charge in [-0.05, 0) is 17.8 Å². The third kappa shape index (κ3) is 4.40. The van der Waals surface area contributed by atoms with Crippen LogP contribution in [0.1, 0.15) is 27.2 Å². The summed E-state index contributed by atoms with van der Waals surface area (Å²) in [7, 11) is 0.